The van der Waals surface area contributed by atoms with Crippen molar-refractivity contribution in [2.75, 3.05) is 6.61 Å². The van der Waals surface area contributed by atoms with E-state index in [1.807, 2.05) is 0 Å². The van der Waals surface area contributed by atoms with Crippen LogP contribution in [0.3, 0.4) is 0 Å². The van der Waals surface area contributed by atoms with Crippen LogP contribution < -0.4 is 5.32 Å². The van der Waals surface area contributed by atoms with Crippen LogP contribution in [0.2, 0.25) is 0 Å². The Bertz CT molecular complexity index is 515. The molecule has 5 atom stereocenters. The maximum atomic E-state index is 12.0. The number of carbonyl (C=O) groups excluding carboxylic acids is 1. The van der Waals surface area contributed by atoms with E-state index in [-0.39, 0.29) is 0 Å². The number of ether oxygens (including phenoxy) is 1. The molecule has 0 spiro atoms. The molecule has 5 N–H and O–H groups in total. The van der Waals surface area contributed by atoms with Gasteiger partial charge in [-0.3, -0.25) is 4.79 Å². The molecule has 1 saturated heterocycles. The Morgan fingerprint density at radius 3 is 1.76 bits per heavy atom. The van der Waals surface area contributed by atoms with Crippen LogP contribution in [0.4, 0.5) is 0 Å². The normalized spacial score (nSPS) is 25.5. The van der Waals surface area contributed by atoms with Gasteiger partial charge in [0, 0.05) is 0 Å². The van der Waals surface area contributed by atoms with Crippen molar-refractivity contribution in [1.29, 1.82) is 0 Å². The quantitative estimate of drug-likeness (QED) is 0.145. The van der Waals surface area contributed by atoms with E-state index < -0.39 is 43.2 Å². The van der Waals surface area contributed by atoms with Gasteiger partial charge in [-0.25, -0.2) is 0 Å². The van der Waals surface area contributed by atoms with Crippen LogP contribution in [0.15, 0.2) is 12.2 Å². The molecule has 1 heterocycles. The minimum atomic E-state index is -1.49. The Morgan fingerprint density at radius 2 is 1.27 bits per heavy atom. The average molecular weight is 472 g/mol. The number of aliphatic hydroxyl groups is 4. The lowest BCUT2D eigenvalue weighted by Crippen LogP contribution is -2.64. The van der Waals surface area contributed by atoms with Gasteiger partial charge in [0.1, 0.15) is 24.4 Å². The summed E-state index contributed by atoms with van der Waals surface area (Å²) >= 11 is 0. The molecule has 1 amide bonds. The van der Waals surface area contributed by atoms with Crippen molar-refractivity contribution in [3.05, 3.63) is 12.2 Å². The molecule has 33 heavy (non-hydrogen) atoms. The average Bonchev–Trinajstić information content (AvgIpc) is 2.81. The van der Waals surface area contributed by atoms with Gasteiger partial charge >= 0.3 is 0 Å². The number of allylic oxidation sites excluding steroid dienone is 1. The van der Waals surface area contributed by atoms with Crippen molar-refractivity contribution in [3.8, 4) is 0 Å². The molecular weight excluding hydrogens is 422 g/mol. The van der Waals surface area contributed by atoms with Crippen molar-refractivity contribution in [2.45, 2.75) is 140 Å². The topological polar surface area (TPSA) is 119 Å². The number of aliphatic hydroxyl groups excluding tert-OH is 4. The number of hydrogen-bond donors (Lipinski definition) is 5. The van der Waals surface area contributed by atoms with E-state index in [0.717, 1.165) is 19.3 Å². The lowest BCUT2D eigenvalue weighted by atomic mass is 9.97. The molecule has 0 aliphatic carbocycles. The minimum Gasteiger partial charge on any atom is -0.394 e. The van der Waals surface area contributed by atoms with E-state index in [9.17, 15) is 20.1 Å². The molecule has 1 aliphatic rings. The first-order valence-corrected chi connectivity index (χ1v) is 13.3. The van der Waals surface area contributed by atoms with Crippen LogP contribution in [-0.4, -0.2) is 63.6 Å². The van der Waals surface area contributed by atoms with Gasteiger partial charge in [-0.1, -0.05) is 103 Å². The molecule has 0 radical (unpaired) electrons. The number of hydrogen-bond acceptors (Lipinski definition) is 6. The standard InChI is InChI=1S/C26H49NO6/c1-2-3-4-5-6-7-8-9-10-11-12-13-14-15-16-17-18-19-22(29)27-23-25(31)24(30)21(20-28)33-26(23)32/h18-19,21,23-26,28,30-32H,2-17,20H2,1H3,(H,27,29)/t21-,23-,24-,25-,26?/m1/s1. The number of unbranched alkanes of at least 4 members (excludes halogenated alkanes) is 15. The molecule has 0 bridgehead atoms. The lowest BCUT2D eigenvalue weighted by Gasteiger charge is -2.40. The minimum absolute atomic E-state index is 0.461. The second kappa shape index (κ2) is 19.3. The second-order valence-electron chi connectivity index (χ2n) is 9.40. The van der Waals surface area contributed by atoms with Crippen molar-refractivity contribution >= 4 is 5.91 Å². The van der Waals surface area contributed by atoms with Gasteiger partial charge in [0.2, 0.25) is 5.91 Å². The Kier molecular flexibility index (Phi) is 17.6. The molecule has 1 unspecified atom stereocenters. The van der Waals surface area contributed by atoms with E-state index in [4.69, 9.17) is 9.84 Å². The molecule has 0 aromatic carbocycles. The zero-order chi connectivity index (χ0) is 24.3. The number of rotatable bonds is 19. The van der Waals surface area contributed by atoms with Crippen molar-refractivity contribution < 1.29 is 30.0 Å². The first-order valence-electron chi connectivity index (χ1n) is 13.3. The summed E-state index contributed by atoms with van der Waals surface area (Å²) in [5, 5.41) is 41.3. The zero-order valence-corrected chi connectivity index (χ0v) is 20.7. The summed E-state index contributed by atoms with van der Waals surface area (Å²) in [6, 6.07) is -1.15. The third kappa shape index (κ3) is 13.5. The first kappa shape index (κ1) is 30.0. The molecule has 0 saturated carbocycles. The summed E-state index contributed by atoms with van der Waals surface area (Å²) in [7, 11) is 0. The Balaban J connectivity index is 1.96. The Morgan fingerprint density at radius 1 is 0.788 bits per heavy atom. The molecule has 1 aliphatic heterocycles. The SMILES string of the molecule is CCCCCCCCCCCCCCCCCC=CC(=O)N[C@H]1C(O)O[C@H](CO)[C@@H](O)[C@@H]1O. The second-order valence-corrected chi connectivity index (χ2v) is 9.40. The van der Waals surface area contributed by atoms with Gasteiger partial charge in [0.05, 0.1) is 6.61 Å². The number of amides is 1. The molecule has 1 rings (SSSR count). The smallest absolute Gasteiger partial charge is 0.244 e. The lowest BCUT2D eigenvalue weighted by molar-refractivity contribution is -0.253. The van der Waals surface area contributed by atoms with Crippen LogP contribution in [0.5, 0.6) is 0 Å². The largest absolute Gasteiger partial charge is 0.394 e. The predicted octanol–water partition coefficient (Wildman–Crippen LogP) is 3.72. The molecule has 7 heteroatoms. The molecular formula is C26H49NO6. The maximum absolute atomic E-state index is 12.0. The monoisotopic (exact) mass is 471 g/mol. The molecule has 7 nitrogen and oxygen atoms in total. The van der Waals surface area contributed by atoms with Crippen LogP contribution in [0, 0.1) is 0 Å². The first-order chi connectivity index (χ1) is 16.0. The van der Waals surface area contributed by atoms with Gasteiger partial charge in [0.15, 0.2) is 6.29 Å². The highest BCUT2D eigenvalue weighted by molar-refractivity contribution is 5.87. The van der Waals surface area contributed by atoms with Crippen molar-refractivity contribution in [1.82, 2.24) is 5.32 Å². The maximum Gasteiger partial charge on any atom is 0.244 e. The highest BCUT2D eigenvalue weighted by Gasteiger charge is 2.44. The van der Waals surface area contributed by atoms with Crippen molar-refractivity contribution in [3.63, 3.8) is 0 Å². The van der Waals surface area contributed by atoms with Crippen LogP contribution >= 0.6 is 0 Å². The highest BCUT2D eigenvalue weighted by atomic mass is 16.6. The fraction of sp³-hybridized carbons (Fsp3) is 0.885. The van der Waals surface area contributed by atoms with E-state index in [2.05, 4.69) is 12.2 Å². The van der Waals surface area contributed by atoms with E-state index in [1.165, 1.54) is 89.5 Å². The molecule has 0 aromatic rings. The highest BCUT2D eigenvalue weighted by Crippen LogP contribution is 2.20. The third-order valence-corrected chi connectivity index (χ3v) is 6.45. The van der Waals surface area contributed by atoms with Gasteiger partial charge < -0.3 is 30.5 Å². The van der Waals surface area contributed by atoms with Gasteiger partial charge in [-0.15, -0.1) is 0 Å². The number of carbonyl (C=O) groups is 1. The fourth-order valence-corrected chi connectivity index (χ4v) is 4.29. The van der Waals surface area contributed by atoms with Gasteiger partial charge in [-0.05, 0) is 18.9 Å². The van der Waals surface area contributed by atoms with Gasteiger partial charge in [0.25, 0.3) is 0 Å². The molecule has 194 valence electrons. The Hall–Kier alpha value is -0.990. The van der Waals surface area contributed by atoms with Crippen molar-refractivity contribution in [2.24, 2.45) is 0 Å². The van der Waals surface area contributed by atoms with Gasteiger partial charge in [-0.2, -0.15) is 0 Å². The summed E-state index contributed by atoms with van der Waals surface area (Å²) in [6.45, 7) is 1.73. The predicted molar refractivity (Wildman–Crippen MR) is 131 cm³/mol. The van der Waals surface area contributed by atoms with E-state index in [0.29, 0.717) is 0 Å². The van der Waals surface area contributed by atoms with Crippen LogP contribution in [0.25, 0.3) is 0 Å². The summed E-state index contributed by atoms with van der Waals surface area (Å²) in [4.78, 5) is 12.0. The fourth-order valence-electron chi connectivity index (χ4n) is 4.29. The summed E-state index contributed by atoms with van der Waals surface area (Å²) in [5.41, 5.74) is 0. The summed E-state index contributed by atoms with van der Waals surface area (Å²) < 4.78 is 5.03. The molecule has 1 fully saturated rings. The summed E-state index contributed by atoms with van der Waals surface area (Å²) in [5.74, 6) is -0.461. The van der Waals surface area contributed by atoms with Crippen LogP contribution in [-0.2, 0) is 9.53 Å². The van der Waals surface area contributed by atoms with Crippen LogP contribution in [0.1, 0.15) is 110 Å². The molecule has 0 aromatic heterocycles. The number of nitrogens with one attached hydrogen (secondary N) is 1. The summed E-state index contributed by atoms with van der Waals surface area (Å²) in [6.07, 6.45) is 18.4. The Labute approximate surface area is 200 Å². The van der Waals surface area contributed by atoms with E-state index >= 15 is 0 Å². The third-order valence-electron chi connectivity index (χ3n) is 6.45. The zero-order valence-electron chi connectivity index (χ0n) is 20.7. The van der Waals surface area contributed by atoms with E-state index in [1.54, 1.807) is 6.08 Å².